The fraction of sp³-hybridized carbons (Fsp3) is 0.462. The van der Waals surface area contributed by atoms with Crippen LogP contribution in [0.1, 0.15) is 24.8 Å². The van der Waals surface area contributed by atoms with E-state index in [4.69, 9.17) is 0 Å². The number of carbonyl (C=O) groups is 1. The zero-order valence-electron chi connectivity index (χ0n) is 11.2. The maximum absolute atomic E-state index is 12.0. The van der Waals surface area contributed by atoms with Gasteiger partial charge in [-0.15, -0.1) is 0 Å². The van der Waals surface area contributed by atoms with E-state index in [1.807, 2.05) is 11.6 Å². The van der Waals surface area contributed by atoms with Crippen LogP contribution in [0.3, 0.4) is 0 Å². The Hall–Kier alpha value is -1.60. The van der Waals surface area contributed by atoms with Crippen LogP contribution >= 0.6 is 0 Å². The molecule has 1 aromatic rings. The van der Waals surface area contributed by atoms with Crippen LogP contribution < -0.4 is 10.0 Å². The van der Waals surface area contributed by atoms with E-state index in [0.717, 1.165) is 12.0 Å². The summed E-state index contributed by atoms with van der Waals surface area (Å²) in [6.45, 7) is 1.85. The van der Waals surface area contributed by atoms with Gasteiger partial charge in [0.25, 0.3) is 10.0 Å². The highest BCUT2D eigenvalue weighted by Crippen LogP contribution is 2.18. The van der Waals surface area contributed by atoms with Gasteiger partial charge in [0.2, 0.25) is 0 Å². The molecule has 2 amide bonds. The average molecular weight is 298 g/mol. The fourth-order valence-corrected chi connectivity index (χ4v) is 3.12. The van der Waals surface area contributed by atoms with E-state index in [1.54, 1.807) is 12.1 Å². The number of aliphatic hydroxyl groups excluding tert-OH is 1. The lowest BCUT2D eigenvalue weighted by Crippen LogP contribution is -2.47. The molecule has 0 radical (unpaired) electrons. The van der Waals surface area contributed by atoms with Crippen LogP contribution in [-0.4, -0.2) is 31.7 Å². The van der Waals surface area contributed by atoms with E-state index in [0.29, 0.717) is 12.8 Å². The lowest BCUT2D eigenvalue weighted by Gasteiger charge is -2.16. The van der Waals surface area contributed by atoms with E-state index >= 15 is 0 Å². The van der Waals surface area contributed by atoms with Crippen LogP contribution in [0, 0.1) is 6.92 Å². The second-order valence-electron chi connectivity index (χ2n) is 5.00. The van der Waals surface area contributed by atoms with Crippen molar-refractivity contribution in [2.24, 2.45) is 0 Å². The van der Waals surface area contributed by atoms with Crippen molar-refractivity contribution in [3.63, 3.8) is 0 Å². The summed E-state index contributed by atoms with van der Waals surface area (Å²) in [5.74, 6) is 0. The molecule has 6 nitrogen and oxygen atoms in total. The van der Waals surface area contributed by atoms with E-state index < -0.39 is 22.2 Å². The predicted octanol–water partition coefficient (Wildman–Crippen LogP) is 0.896. The summed E-state index contributed by atoms with van der Waals surface area (Å²) in [5, 5.41) is 12.1. The number of rotatable bonds is 3. The summed E-state index contributed by atoms with van der Waals surface area (Å²) in [6.07, 6.45) is 1.48. The van der Waals surface area contributed by atoms with Crippen LogP contribution in [0.2, 0.25) is 0 Å². The van der Waals surface area contributed by atoms with Gasteiger partial charge in [-0.3, -0.25) is 0 Å². The molecule has 0 bridgehead atoms. The summed E-state index contributed by atoms with van der Waals surface area (Å²) in [7, 11) is -3.88. The van der Waals surface area contributed by atoms with Gasteiger partial charge in [-0.1, -0.05) is 17.7 Å². The largest absolute Gasteiger partial charge is 0.391 e. The smallest absolute Gasteiger partial charge is 0.329 e. The van der Waals surface area contributed by atoms with Crippen LogP contribution in [0.15, 0.2) is 29.2 Å². The number of sulfonamides is 1. The Morgan fingerprint density at radius 3 is 2.45 bits per heavy atom. The Morgan fingerprint density at radius 2 is 1.90 bits per heavy atom. The molecule has 0 aromatic heterocycles. The molecular weight excluding hydrogens is 280 g/mol. The van der Waals surface area contributed by atoms with Crippen molar-refractivity contribution in [2.45, 2.75) is 43.2 Å². The van der Waals surface area contributed by atoms with Gasteiger partial charge in [-0.05, 0) is 38.3 Å². The number of urea groups is 1. The highest BCUT2D eigenvalue weighted by molar-refractivity contribution is 7.90. The Bertz CT molecular complexity index is 583. The molecular formula is C13H18N2O4S. The molecule has 2 atom stereocenters. The van der Waals surface area contributed by atoms with E-state index in [9.17, 15) is 18.3 Å². The summed E-state index contributed by atoms with van der Waals surface area (Å²) in [5.41, 5.74) is 0.933. The van der Waals surface area contributed by atoms with Gasteiger partial charge in [-0.25, -0.2) is 17.9 Å². The third-order valence-electron chi connectivity index (χ3n) is 3.35. The quantitative estimate of drug-likeness (QED) is 0.772. The van der Waals surface area contributed by atoms with Gasteiger partial charge >= 0.3 is 6.03 Å². The molecule has 0 heterocycles. The molecule has 1 fully saturated rings. The minimum atomic E-state index is -3.88. The second-order valence-corrected chi connectivity index (χ2v) is 6.68. The molecule has 0 unspecified atom stereocenters. The topological polar surface area (TPSA) is 95.5 Å². The van der Waals surface area contributed by atoms with E-state index in [1.165, 1.54) is 12.1 Å². The van der Waals surface area contributed by atoms with Crippen molar-refractivity contribution in [2.75, 3.05) is 0 Å². The van der Waals surface area contributed by atoms with Crippen LogP contribution in [0.4, 0.5) is 4.79 Å². The Kier molecular flexibility index (Phi) is 4.29. The number of aryl methyl sites for hydroxylation is 1. The number of carbonyl (C=O) groups excluding carboxylic acids is 1. The fourth-order valence-electron chi connectivity index (χ4n) is 2.21. The molecule has 1 aromatic carbocycles. The Labute approximate surface area is 118 Å². The van der Waals surface area contributed by atoms with Gasteiger partial charge in [0.15, 0.2) is 0 Å². The molecule has 1 aliphatic rings. The third kappa shape index (κ3) is 3.49. The van der Waals surface area contributed by atoms with E-state index in [2.05, 4.69) is 5.32 Å². The third-order valence-corrected chi connectivity index (χ3v) is 4.70. The first-order valence-electron chi connectivity index (χ1n) is 6.46. The van der Waals surface area contributed by atoms with Crippen molar-refractivity contribution < 1.29 is 18.3 Å². The second kappa shape index (κ2) is 5.80. The van der Waals surface area contributed by atoms with Gasteiger partial charge in [-0.2, -0.15) is 0 Å². The first-order chi connectivity index (χ1) is 9.38. The molecule has 110 valence electrons. The summed E-state index contributed by atoms with van der Waals surface area (Å²) >= 11 is 0. The number of benzene rings is 1. The maximum atomic E-state index is 12.0. The lowest BCUT2D eigenvalue weighted by molar-refractivity contribution is 0.150. The molecule has 0 spiro atoms. The van der Waals surface area contributed by atoms with Crippen LogP contribution in [-0.2, 0) is 10.0 Å². The highest BCUT2D eigenvalue weighted by Gasteiger charge is 2.28. The number of amides is 2. The first kappa shape index (κ1) is 14.8. The molecule has 0 saturated heterocycles. The first-order valence-corrected chi connectivity index (χ1v) is 7.95. The molecule has 7 heteroatoms. The van der Waals surface area contributed by atoms with Gasteiger partial charge < -0.3 is 10.4 Å². The van der Waals surface area contributed by atoms with Gasteiger partial charge in [0.1, 0.15) is 0 Å². The molecule has 0 aliphatic heterocycles. The van der Waals surface area contributed by atoms with E-state index in [-0.39, 0.29) is 10.9 Å². The maximum Gasteiger partial charge on any atom is 0.329 e. The number of nitrogens with one attached hydrogen (secondary N) is 2. The zero-order valence-corrected chi connectivity index (χ0v) is 12.0. The monoisotopic (exact) mass is 298 g/mol. The SMILES string of the molecule is Cc1ccc(S(=O)(=O)NC(=O)N[C@H]2CCC[C@H]2O)cc1. The lowest BCUT2D eigenvalue weighted by atomic mass is 10.2. The highest BCUT2D eigenvalue weighted by atomic mass is 32.2. The van der Waals surface area contributed by atoms with Gasteiger partial charge in [0, 0.05) is 0 Å². The molecule has 20 heavy (non-hydrogen) atoms. The molecule has 2 rings (SSSR count). The molecule has 1 saturated carbocycles. The Morgan fingerprint density at radius 1 is 1.25 bits per heavy atom. The summed E-state index contributed by atoms with van der Waals surface area (Å²) in [6, 6.07) is 5.00. The normalized spacial score (nSPS) is 22.5. The predicted molar refractivity (Wildman–Crippen MR) is 73.7 cm³/mol. The van der Waals surface area contributed by atoms with Crippen molar-refractivity contribution in [1.82, 2.24) is 10.0 Å². The summed E-state index contributed by atoms with van der Waals surface area (Å²) in [4.78, 5) is 11.7. The minimum Gasteiger partial charge on any atom is -0.391 e. The van der Waals surface area contributed by atoms with Crippen molar-refractivity contribution in [1.29, 1.82) is 0 Å². The average Bonchev–Trinajstić information content (AvgIpc) is 2.74. The number of aliphatic hydroxyl groups is 1. The Balaban J connectivity index is 2.01. The van der Waals surface area contributed by atoms with Crippen molar-refractivity contribution >= 4 is 16.1 Å². The molecule has 3 N–H and O–H groups in total. The van der Waals surface area contributed by atoms with Crippen molar-refractivity contribution in [3.8, 4) is 0 Å². The van der Waals surface area contributed by atoms with Gasteiger partial charge in [0.05, 0.1) is 17.0 Å². The molecule has 1 aliphatic carbocycles. The van der Waals surface area contributed by atoms with Crippen LogP contribution in [0.25, 0.3) is 0 Å². The minimum absolute atomic E-state index is 0.0326. The zero-order chi connectivity index (χ0) is 14.8. The van der Waals surface area contributed by atoms with Crippen molar-refractivity contribution in [3.05, 3.63) is 29.8 Å². The standard InChI is InChI=1S/C13H18N2O4S/c1-9-5-7-10(8-6-9)20(18,19)15-13(17)14-11-3-2-4-12(11)16/h5-8,11-12,16H,2-4H2,1H3,(H2,14,15,17)/t11-,12+/m0/s1. The number of hydrogen-bond donors (Lipinski definition) is 3. The van der Waals surface area contributed by atoms with Crippen LogP contribution in [0.5, 0.6) is 0 Å². The number of hydrogen-bond acceptors (Lipinski definition) is 4. The summed E-state index contributed by atoms with van der Waals surface area (Å²) < 4.78 is 25.9.